The first-order valence-corrected chi connectivity index (χ1v) is 16.3. The summed E-state index contributed by atoms with van der Waals surface area (Å²) < 4.78 is 16.6. The van der Waals surface area contributed by atoms with Gasteiger partial charge in [0.25, 0.3) is 0 Å². The molecule has 9 heteroatoms. The topological polar surface area (TPSA) is 135 Å². The first-order valence-electron chi connectivity index (χ1n) is 16.3. The number of aryl methyl sites for hydroxylation is 1. The normalized spacial score (nSPS) is 19.8. The Kier molecular flexibility index (Phi) is 12.7. The molecule has 0 spiro atoms. The molecular formula is C36H49NO8. The van der Waals surface area contributed by atoms with Crippen molar-refractivity contribution < 1.29 is 39.1 Å². The summed E-state index contributed by atoms with van der Waals surface area (Å²) in [5.41, 5.74) is 4.00. The molecule has 4 rings (SSSR count). The number of aliphatic hydroxyl groups is 1. The van der Waals surface area contributed by atoms with E-state index in [1.807, 2.05) is 6.07 Å². The minimum atomic E-state index is -0.598. The van der Waals surface area contributed by atoms with Crippen molar-refractivity contribution in [3.8, 4) is 23.0 Å². The lowest BCUT2D eigenvalue weighted by Crippen LogP contribution is -2.27. The van der Waals surface area contributed by atoms with Gasteiger partial charge in [-0.05, 0) is 103 Å². The molecule has 2 aromatic carbocycles. The van der Waals surface area contributed by atoms with Crippen molar-refractivity contribution in [2.75, 3.05) is 33.4 Å². The summed E-state index contributed by atoms with van der Waals surface area (Å²) in [4.78, 5) is 25.9. The lowest BCUT2D eigenvalue weighted by molar-refractivity contribution is -0.147. The predicted octanol–water partition coefficient (Wildman–Crippen LogP) is 5.68. The number of carbonyl (C=O) groups is 2. The van der Waals surface area contributed by atoms with Crippen LogP contribution in [0.5, 0.6) is 23.0 Å². The number of phenols is 2. The lowest BCUT2D eigenvalue weighted by Gasteiger charge is -2.35. The Labute approximate surface area is 266 Å². The third-order valence-electron chi connectivity index (χ3n) is 9.01. The van der Waals surface area contributed by atoms with Crippen LogP contribution in [0.25, 0.3) is 5.57 Å². The molecule has 2 aliphatic rings. The maximum absolute atomic E-state index is 13.9. The Morgan fingerprint density at radius 2 is 1.87 bits per heavy atom. The molecule has 0 aliphatic heterocycles. The molecule has 246 valence electrons. The number of hydrogen-bond acceptors (Lipinski definition) is 9. The van der Waals surface area contributed by atoms with Gasteiger partial charge in [0.15, 0.2) is 23.0 Å². The highest BCUT2D eigenvalue weighted by Gasteiger charge is 2.38. The van der Waals surface area contributed by atoms with E-state index in [1.165, 1.54) is 13.0 Å². The Balaban J connectivity index is 1.57. The third kappa shape index (κ3) is 9.23. The number of nitrogens with one attached hydrogen (secondary N) is 1. The average molecular weight is 624 g/mol. The Morgan fingerprint density at radius 1 is 1.07 bits per heavy atom. The molecule has 0 bridgehead atoms. The second-order valence-corrected chi connectivity index (χ2v) is 12.3. The van der Waals surface area contributed by atoms with Gasteiger partial charge in [-0.25, -0.2) is 0 Å². The van der Waals surface area contributed by atoms with Crippen LogP contribution in [0, 0.1) is 11.8 Å². The fourth-order valence-corrected chi connectivity index (χ4v) is 6.95. The zero-order chi connectivity index (χ0) is 32.3. The van der Waals surface area contributed by atoms with E-state index in [9.17, 15) is 19.8 Å². The number of ketones is 1. The van der Waals surface area contributed by atoms with Crippen LogP contribution in [-0.2, 0) is 20.7 Å². The van der Waals surface area contributed by atoms with Crippen LogP contribution in [0.2, 0.25) is 0 Å². The van der Waals surface area contributed by atoms with E-state index in [-0.39, 0.29) is 54.5 Å². The van der Waals surface area contributed by atoms with E-state index < -0.39 is 12.1 Å². The number of Topliss-reactive ketones (excluding diaryl/α,β-unsaturated/α-hetero) is 1. The van der Waals surface area contributed by atoms with Gasteiger partial charge in [0, 0.05) is 26.3 Å². The molecule has 2 aromatic rings. The number of hydrogen-bond donors (Lipinski definition) is 4. The van der Waals surface area contributed by atoms with Crippen molar-refractivity contribution in [2.45, 2.75) is 83.7 Å². The standard InChI is InChI=1S/C36H49NO8/c1-4-13-37-22-26-17-25-7-5-6-8-29(25)31(32-21-35(43-3)34(42)20-30(26)32)19-27(40)18-28(45-23(2)39)11-9-24-10-12-33(41)36(16-24)44-15-14-38/h10,12,16-17,20-21,25,28-29,31,37-38,41-42H,4-9,11,13-15,18-19,22H2,1-3H3. The maximum atomic E-state index is 13.9. The summed E-state index contributed by atoms with van der Waals surface area (Å²) in [7, 11) is 1.54. The summed E-state index contributed by atoms with van der Waals surface area (Å²) >= 11 is 0. The number of rotatable bonds is 16. The number of ether oxygens (including phenoxy) is 3. The van der Waals surface area contributed by atoms with E-state index in [4.69, 9.17) is 19.3 Å². The van der Waals surface area contributed by atoms with Crippen LogP contribution in [0.4, 0.5) is 0 Å². The number of carbonyl (C=O) groups excluding carboxylic acids is 2. The zero-order valence-electron chi connectivity index (χ0n) is 26.8. The SMILES string of the molecule is CCCNCC1=CC2CCCCC2C(CC(=O)CC(CCc2ccc(O)c(OCCO)c2)OC(C)=O)c2cc(OC)c(O)cc21. The number of aromatic hydroxyl groups is 2. The Bertz CT molecular complexity index is 1340. The molecular weight excluding hydrogens is 574 g/mol. The second-order valence-electron chi connectivity index (χ2n) is 12.3. The number of allylic oxidation sites excluding steroid dienone is 1. The highest BCUT2D eigenvalue weighted by Crippen LogP contribution is 2.50. The number of methoxy groups -OCH3 is 1. The van der Waals surface area contributed by atoms with Gasteiger partial charge in [-0.3, -0.25) is 9.59 Å². The average Bonchev–Trinajstić information content (AvgIpc) is 3.13. The molecule has 4 N–H and O–H groups in total. The quantitative estimate of drug-likeness (QED) is 0.138. The van der Waals surface area contributed by atoms with Crippen molar-refractivity contribution in [2.24, 2.45) is 11.8 Å². The fraction of sp³-hybridized carbons (Fsp3) is 0.556. The van der Waals surface area contributed by atoms with Crippen molar-refractivity contribution in [3.63, 3.8) is 0 Å². The summed E-state index contributed by atoms with van der Waals surface area (Å²) in [5, 5.41) is 33.5. The fourth-order valence-electron chi connectivity index (χ4n) is 6.95. The van der Waals surface area contributed by atoms with Crippen molar-refractivity contribution in [3.05, 3.63) is 53.1 Å². The van der Waals surface area contributed by atoms with Gasteiger partial charge in [0.2, 0.25) is 0 Å². The highest BCUT2D eigenvalue weighted by molar-refractivity contribution is 5.82. The monoisotopic (exact) mass is 623 g/mol. The summed E-state index contributed by atoms with van der Waals surface area (Å²) in [5.74, 6) is 0.871. The van der Waals surface area contributed by atoms with Crippen LogP contribution < -0.4 is 14.8 Å². The van der Waals surface area contributed by atoms with E-state index in [2.05, 4.69) is 18.3 Å². The molecule has 0 heterocycles. The van der Waals surface area contributed by atoms with Crippen LogP contribution in [0.15, 0.2) is 36.4 Å². The third-order valence-corrected chi connectivity index (χ3v) is 9.01. The first-order chi connectivity index (χ1) is 21.7. The Morgan fingerprint density at radius 3 is 2.60 bits per heavy atom. The van der Waals surface area contributed by atoms with E-state index in [0.717, 1.165) is 60.9 Å². The molecule has 0 amide bonds. The molecule has 4 unspecified atom stereocenters. The summed E-state index contributed by atoms with van der Waals surface area (Å²) in [6, 6.07) is 8.71. The first kappa shape index (κ1) is 34.3. The van der Waals surface area contributed by atoms with E-state index >= 15 is 0 Å². The van der Waals surface area contributed by atoms with Crippen molar-refractivity contribution in [1.29, 1.82) is 0 Å². The van der Waals surface area contributed by atoms with Crippen LogP contribution in [0.1, 0.15) is 87.8 Å². The van der Waals surface area contributed by atoms with Gasteiger partial charge in [-0.15, -0.1) is 0 Å². The molecule has 45 heavy (non-hydrogen) atoms. The molecule has 0 radical (unpaired) electrons. The smallest absolute Gasteiger partial charge is 0.302 e. The van der Waals surface area contributed by atoms with Crippen LogP contribution in [0.3, 0.4) is 0 Å². The van der Waals surface area contributed by atoms with Crippen LogP contribution >= 0.6 is 0 Å². The molecule has 2 aliphatic carbocycles. The van der Waals surface area contributed by atoms with Gasteiger partial charge >= 0.3 is 5.97 Å². The maximum Gasteiger partial charge on any atom is 0.302 e. The van der Waals surface area contributed by atoms with Crippen molar-refractivity contribution >= 4 is 17.3 Å². The molecule has 1 fully saturated rings. The number of benzene rings is 2. The number of phenolic OH excluding ortho intramolecular Hbond substituents is 2. The van der Waals surface area contributed by atoms with Gasteiger partial charge in [-0.2, -0.15) is 0 Å². The van der Waals surface area contributed by atoms with E-state index in [0.29, 0.717) is 37.5 Å². The molecule has 1 saturated carbocycles. The lowest BCUT2D eigenvalue weighted by atomic mass is 9.69. The predicted molar refractivity (Wildman–Crippen MR) is 173 cm³/mol. The minimum absolute atomic E-state index is 0.0210. The molecule has 9 nitrogen and oxygen atoms in total. The number of fused-ring (bicyclic) bond motifs is 2. The summed E-state index contributed by atoms with van der Waals surface area (Å²) in [6.07, 6.45) is 8.49. The van der Waals surface area contributed by atoms with Crippen molar-refractivity contribution in [1.82, 2.24) is 5.32 Å². The van der Waals surface area contributed by atoms with Gasteiger partial charge < -0.3 is 34.8 Å². The van der Waals surface area contributed by atoms with Crippen LogP contribution in [-0.4, -0.2) is 66.6 Å². The minimum Gasteiger partial charge on any atom is -0.504 e. The molecule has 0 aromatic heterocycles. The zero-order valence-corrected chi connectivity index (χ0v) is 26.8. The number of aliphatic hydroxyl groups excluding tert-OH is 1. The largest absolute Gasteiger partial charge is 0.504 e. The van der Waals surface area contributed by atoms with Gasteiger partial charge in [0.05, 0.1) is 13.7 Å². The highest BCUT2D eigenvalue weighted by atomic mass is 16.5. The number of esters is 1. The van der Waals surface area contributed by atoms with E-state index in [1.54, 1.807) is 25.3 Å². The Hall–Kier alpha value is -3.56. The van der Waals surface area contributed by atoms with Gasteiger partial charge in [0.1, 0.15) is 18.5 Å². The second kappa shape index (κ2) is 16.7. The van der Waals surface area contributed by atoms with Gasteiger partial charge in [-0.1, -0.05) is 31.9 Å². The molecule has 0 saturated heterocycles. The summed E-state index contributed by atoms with van der Waals surface area (Å²) in [6.45, 7) is 4.96. The molecule has 4 atom stereocenters.